The van der Waals surface area contributed by atoms with Crippen molar-refractivity contribution >= 4 is 23.5 Å². The molecule has 1 aliphatic rings. The van der Waals surface area contributed by atoms with Gasteiger partial charge in [0.1, 0.15) is 0 Å². The molecule has 1 fully saturated rings. The molecule has 1 aromatic carbocycles. The molecule has 5 nitrogen and oxygen atoms in total. The van der Waals surface area contributed by atoms with Crippen molar-refractivity contribution in [2.24, 2.45) is 5.92 Å². The van der Waals surface area contributed by atoms with Crippen LogP contribution in [0.15, 0.2) is 24.3 Å². The van der Waals surface area contributed by atoms with E-state index in [1.165, 1.54) is 0 Å². The van der Waals surface area contributed by atoms with Gasteiger partial charge in [-0.25, -0.2) is 0 Å². The average molecular weight is 340 g/mol. The number of carbonyl (C=O) groups is 2. The van der Waals surface area contributed by atoms with E-state index in [0.29, 0.717) is 24.5 Å². The Morgan fingerprint density at radius 1 is 1.39 bits per heavy atom. The normalized spacial score (nSPS) is 21.8. The Labute approximate surface area is 141 Å². The fourth-order valence-electron chi connectivity index (χ4n) is 2.94. The van der Waals surface area contributed by atoms with Crippen molar-refractivity contribution in [1.82, 2.24) is 5.32 Å². The lowest BCUT2D eigenvalue weighted by Gasteiger charge is -2.27. The lowest BCUT2D eigenvalue weighted by atomic mass is 9.92. The van der Waals surface area contributed by atoms with Crippen LogP contribution in [-0.2, 0) is 20.7 Å². The van der Waals surface area contributed by atoms with Crippen LogP contribution < -0.4 is 5.32 Å². The summed E-state index contributed by atoms with van der Waals surface area (Å²) in [5.74, 6) is -0.899. The highest BCUT2D eigenvalue weighted by atomic mass is 35.5. The number of carboxylic acids is 1. The summed E-state index contributed by atoms with van der Waals surface area (Å²) in [5.41, 5.74) is 0.363. The van der Waals surface area contributed by atoms with Gasteiger partial charge in [0.05, 0.1) is 18.6 Å². The van der Waals surface area contributed by atoms with Crippen molar-refractivity contribution in [3.8, 4) is 0 Å². The third-order valence-electron chi connectivity index (χ3n) is 4.03. The highest BCUT2D eigenvalue weighted by Crippen LogP contribution is 2.23. The predicted octanol–water partition coefficient (Wildman–Crippen LogP) is 2.66. The largest absolute Gasteiger partial charge is 0.481 e. The SMILES string of the molecule is CC(CC(=O)NC1(CC(=O)O)CCOC1)Cc1ccc(Cl)cc1. The van der Waals surface area contributed by atoms with E-state index in [0.717, 1.165) is 12.0 Å². The van der Waals surface area contributed by atoms with Crippen molar-refractivity contribution in [2.75, 3.05) is 13.2 Å². The van der Waals surface area contributed by atoms with E-state index in [9.17, 15) is 9.59 Å². The number of hydrogen-bond acceptors (Lipinski definition) is 3. The summed E-state index contributed by atoms with van der Waals surface area (Å²) in [4.78, 5) is 23.3. The van der Waals surface area contributed by atoms with Gasteiger partial charge in [-0.2, -0.15) is 0 Å². The first kappa shape index (κ1) is 17.8. The van der Waals surface area contributed by atoms with Crippen LogP contribution in [0.4, 0.5) is 0 Å². The Balaban J connectivity index is 1.87. The lowest BCUT2D eigenvalue weighted by molar-refractivity contribution is -0.139. The van der Waals surface area contributed by atoms with Crippen molar-refractivity contribution in [1.29, 1.82) is 0 Å². The van der Waals surface area contributed by atoms with E-state index in [2.05, 4.69) is 5.32 Å². The maximum atomic E-state index is 12.3. The molecule has 0 aliphatic carbocycles. The molecule has 2 atom stereocenters. The van der Waals surface area contributed by atoms with E-state index in [1.807, 2.05) is 31.2 Å². The van der Waals surface area contributed by atoms with Gasteiger partial charge in [-0.05, 0) is 36.5 Å². The molecule has 0 bridgehead atoms. The summed E-state index contributed by atoms with van der Waals surface area (Å²) in [6, 6.07) is 7.57. The molecule has 23 heavy (non-hydrogen) atoms. The first-order chi connectivity index (χ1) is 10.9. The second-order valence-corrected chi connectivity index (χ2v) is 6.78. The standard InChI is InChI=1S/C17H22ClNO4/c1-12(8-13-2-4-14(18)5-3-13)9-15(20)19-17(10-16(21)22)6-7-23-11-17/h2-5,12H,6-11H2,1H3,(H,19,20)(H,21,22). The maximum absolute atomic E-state index is 12.3. The van der Waals surface area contributed by atoms with Crippen LogP contribution in [0.25, 0.3) is 0 Å². The fraction of sp³-hybridized carbons (Fsp3) is 0.529. The van der Waals surface area contributed by atoms with Gasteiger partial charge in [0.25, 0.3) is 0 Å². The van der Waals surface area contributed by atoms with E-state index in [4.69, 9.17) is 21.4 Å². The van der Waals surface area contributed by atoms with Gasteiger partial charge in [0.2, 0.25) is 5.91 Å². The summed E-state index contributed by atoms with van der Waals surface area (Å²) in [6.45, 7) is 2.74. The molecule has 0 saturated carbocycles. The number of ether oxygens (including phenoxy) is 1. The lowest BCUT2D eigenvalue weighted by Crippen LogP contribution is -2.50. The summed E-state index contributed by atoms with van der Waals surface area (Å²) in [6.07, 6.45) is 1.55. The molecule has 1 saturated heterocycles. The van der Waals surface area contributed by atoms with Crippen molar-refractivity contribution in [3.63, 3.8) is 0 Å². The zero-order valence-electron chi connectivity index (χ0n) is 13.2. The van der Waals surface area contributed by atoms with Gasteiger partial charge in [-0.3, -0.25) is 9.59 Å². The zero-order chi connectivity index (χ0) is 16.9. The van der Waals surface area contributed by atoms with E-state index < -0.39 is 11.5 Å². The van der Waals surface area contributed by atoms with Gasteiger partial charge in [-0.1, -0.05) is 30.7 Å². The highest BCUT2D eigenvalue weighted by Gasteiger charge is 2.38. The summed E-state index contributed by atoms with van der Waals surface area (Å²) in [7, 11) is 0. The number of amides is 1. The van der Waals surface area contributed by atoms with Crippen molar-refractivity contribution in [2.45, 2.75) is 38.1 Å². The topological polar surface area (TPSA) is 75.6 Å². The number of halogens is 1. The average Bonchev–Trinajstić information content (AvgIpc) is 2.88. The van der Waals surface area contributed by atoms with Crippen LogP contribution >= 0.6 is 11.6 Å². The van der Waals surface area contributed by atoms with Crippen LogP contribution in [0.3, 0.4) is 0 Å². The molecule has 2 N–H and O–H groups in total. The Morgan fingerprint density at radius 2 is 2.09 bits per heavy atom. The Hall–Kier alpha value is -1.59. The highest BCUT2D eigenvalue weighted by molar-refractivity contribution is 6.30. The second-order valence-electron chi connectivity index (χ2n) is 6.34. The van der Waals surface area contributed by atoms with Crippen LogP contribution in [0.5, 0.6) is 0 Å². The second kappa shape index (κ2) is 7.79. The minimum Gasteiger partial charge on any atom is -0.481 e. The number of benzene rings is 1. The first-order valence-electron chi connectivity index (χ1n) is 7.73. The molecule has 1 aromatic rings. The minimum atomic E-state index is -0.926. The Kier molecular flexibility index (Phi) is 6.02. The summed E-state index contributed by atoms with van der Waals surface area (Å²) >= 11 is 5.86. The fourth-order valence-corrected chi connectivity index (χ4v) is 3.06. The predicted molar refractivity (Wildman–Crippen MR) is 87.5 cm³/mol. The number of rotatable bonds is 7. The maximum Gasteiger partial charge on any atom is 0.305 e. The third kappa shape index (κ3) is 5.52. The monoisotopic (exact) mass is 339 g/mol. The van der Waals surface area contributed by atoms with Gasteiger partial charge >= 0.3 is 5.97 Å². The van der Waals surface area contributed by atoms with Crippen molar-refractivity contribution in [3.05, 3.63) is 34.9 Å². The molecule has 0 radical (unpaired) electrons. The molecule has 1 amide bonds. The quantitative estimate of drug-likeness (QED) is 0.800. The zero-order valence-corrected chi connectivity index (χ0v) is 13.9. The molecule has 0 spiro atoms. The molecular weight excluding hydrogens is 318 g/mol. The smallest absolute Gasteiger partial charge is 0.305 e. The van der Waals surface area contributed by atoms with Crippen LogP contribution in [0, 0.1) is 5.92 Å². The Bertz CT molecular complexity index is 552. The molecule has 0 aromatic heterocycles. The molecule has 1 heterocycles. The number of carboxylic acid groups (broad SMARTS) is 1. The minimum absolute atomic E-state index is 0.107. The van der Waals surface area contributed by atoms with Gasteiger partial charge in [-0.15, -0.1) is 0 Å². The van der Waals surface area contributed by atoms with Gasteiger partial charge in [0, 0.05) is 18.1 Å². The number of aliphatic carboxylic acids is 1. The molecule has 126 valence electrons. The van der Waals surface area contributed by atoms with E-state index in [-0.39, 0.29) is 24.9 Å². The summed E-state index contributed by atoms with van der Waals surface area (Å²) in [5, 5.41) is 12.6. The van der Waals surface area contributed by atoms with Crippen LogP contribution in [0.2, 0.25) is 5.02 Å². The van der Waals surface area contributed by atoms with Crippen LogP contribution in [-0.4, -0.2) is 35.7 Å². The number of hydrogen-bond donors (Lipinski definition) is 2. The third-order valence-corrected chi connectivity index (χ3v) is 4.28. The van der Waals surface area contributed by atoms with E-state index in [1.54, 1.807) is 0 Å². The summed E-state index contributed by atoms with van der Waals surface area (Å²) < 4.78 is 5.28. The van der Waals surface area contributed by atoms with Gasteiger partial charge < -0.3 is 15.2 Å². The van der Waals surface area contributed by atoms with Gasteiger partial charge in [0.15, 0.2) is 0 Å². The molecular formula is C17H22ClNO4. The number of nitrogens with one attached hydrogen (secondary N) is 1. The molecule has 6 heteroatoms. The number of carbonyl (C=O) groups excluding carboxylic acids is 1. The van der Waals surface area contributed by atoms with Crippen LogP contribution in [0.1, 0.15) is 31.7 Å². The molecule has 2 unspecified atom stereocenters. The Morgan fingerprint density at radius 3 is 2.65 bits per heavy atom. The van der Waals surface area contributed by atoms with E-state index >= 15 is 0 Å². The molecule has 2 rings (SSSR count). The molecule has 1 aliphatic heterocycles. The van der Waals surface area contributed by atoms with Crippen molar-refractivity contribution < 1.29 is 19.4 Å². The first-order valence-corrected chi connectivity index (χ1v) is 8.11.